The third kappa shape index (κ3) is 5.21. The van der Waals surface area contributed by atoms with Crippen LogP contribution in [0.5, 0.6) is 11.6 Å². The number of aromatic nitrogens is 2. The number of hydrogen-bond donors (Lipinski definition) is 0. The van der Waals surface area contributed by atoms with Crippen LogP contribution >= 0.6 is 0 Å². The van der Waals surface area contributed by atoms with Crippen LogP contribution in [0.4, 0.5) is 15.9 Å². The van der Waals surface area contributed by atoms with Gasteiger partial charge in [-0.3, -0.25) is 4.79 Å². The van der Waals surface area contributed by atoms with Crippen LogP contribution in [0.3, 0.4) is 0 Å². The summed E-state index contributed by atoms with van der Waals surface area (Å²) < 4.78 is 20.1. The smallest absolute Gasteiger partial charge is 0.263 e. The summed E-state index contributed by atoms with van der Waals surface area (Å²) in [7, 11) is 0. The second-order valence-corrected chi connectivity index (χ2v) is 9.13. The Morgan fingerprint density at radius 2 is 1.57 bits per heavy atom. The summed E-state index contributed by atoms with van der Waals surface area (Å²) in [6.45, 7) is 5.99. The van der Waals surface area contributed by atoms with Gasteiger partial charge in [-0.2, -0.15) is 0 Å². The number of carbonyl (C=O) groups is 1. The molecular formula is C27H30FN5O2. The van der Waals surface area contributed by atoms with Gasteiger partial charge in [-0.15, -0.1) is 0 Å². The maximum atomic E-state index is 14.1. The van der Waals surface area contributed by atoms with Crippen LogP contribution in [-0.4, -0.2) is 60.0 Å². The predicted molar refractivity (Wildman–Crippen MR) is 133 cm³/mol. The van der Waals surface area contributed by atoms with Gasteiger partial charge in [0.2, 0.25) is 5.91 Å². The first kappa shape index (κ1) is 23.1. The van der Waals surface area contributed by atoms with E-state index in [1.807, 2.05) is 47.1 Å². The molecule has 182 valence electrons. The quantitative estimate of drug-likeness (QED) is 0.549. The van der Waals surface area contributed by atoms with Crippen LogP contribution in [-0.2, 0) is 4.79 Å². The molecule has 0 spiro atoms. The average Bonchev–Trinajstić information content (AvgIpc) is 2.90. The van der Waals surface area contributed by atoms with Crippen molar-refractivity contribution in [2.75, 3.05) is 49.1 Å². The van der Waals surface area contributed by atoms with E-state index in [4.69, 9.17) is 4.74 Å². The van der Waals surface area contributed by atoms with Crippen molar-refractivity contribution in [2.45, 2.75) is 19.8 Å². The summed E-state index contributed by atoms with van der Waals surface area (Å²) in [5, 5.41) is 0. The maximum absolute atomic E-state index is 14.1. The third-order valence-corrected chi connectivity index (χ3v) is 6.81. The lowest BCUT2D eigenvalue weighted by atomic mass is 9.95. The number of aryl methyl sites for hydroxylation is 1. The zero-order chi connectivity index (χ0) is 24.2. The van der Waals surface area contributed by atoms with Crippen LogP contribution in [0.25, 0.3) is 0 Å². The van der Waals surface area contributed by atoms with Crippen molar-refractivity contribution in [1.29, 1.82) is 0 Å². The molecule has 2 aliphatic rings. The third-order valence-electron chi connectivity index (χ3n) is 6.81. The Morgan fingerprint density at radius 3 is 2.29 bits per heavy atom. The number of amides is 1. The normalized spacial score (nSPS) is 16.9. The van der Waals surface area contributed by atoms with E-state index in [1.165, 1.54) is 6.07 Å². The Bertz CT molecular complexity index is 1160. The molecule has 2 aliphatic heterocycles. The lowest BCUT2D eigenvalue weighted by molar-refractivity contribution is -0.136. The van der Waals surface area contributed by atoms with Gasteiger partial charge >= 0.3 is 0 Å². The Kier molecular flexibility index (Phi) is 6.79. The molecule has 5 rings (SSSR count). The van der Waals surface area contributed by atoms with E-state index < -0.39 is 0 Å². The number of hydrogen-bond acceptors (Lipinski definition) is 6. The summed E-state index contributed by atoms with van der Waals surface area (Å²) in [6, 6.07) is 14.7. The van der Waals surface area contributed by atoms with Gasteiger partial charge in [0.1, 0.15) is 11.6 Å². The molecule has 0 bridgehead atoms. The first-order valence-corrected chi connectivity index (χ1v) is 12.2. The van der Waals surface area contributed by atoms with Gasteiger partial charge in [0.15, 0.2) is 5.82 Å². The molecule has 3 aromatic rings. The van der Waals surface area contributed by atoms with Crippen molar-refractivity contribution in [1.82, 2.24) is 14.9 Å². The first-order chi connectivity index (χ1) is 17.1. The highest BCUT2D eigenvalue weighted by Crippen LogP contribution is 2.32. The van der Waals surface area contributed by atoms with E-state index in [0.29, 0.717) is 56.7 Å². The Hall–Kier alpha value is -3.68. The van der Waals surface area contributed by atoms with Gasteiger partial charge in [-0.05, 0) is 44.0 Å². The molecular weight excluding hydrogens is 445 g/mol. The molecule has 2 saturated heterocycles. The number of carbonyl (C=O) groups excluding carboxylic acids is 1. The lowest BCUT2D eigenvalue weighted by Crippen LogP contribution is -2.52. The monoisotopic (exact) mass is 475 g/mol. The average molecular weight is 476 g/mol. The minimum absolute atomic E-state index is 0.00982. The Balaban J connectivity index is 1.16. The fourth-order valence-electron chi connectivity index (χ4n) is 4.80. The van der Waals surface area contributed by atoms with Crippen LogP contribution < -0.4 is 14.5 Å². The molecule has 3 heterocycles. The number of ether oxygens (including phenoxy) is 1. The highest BCUT2D eigenvalue weighted by molar-refractivity contribution is 5.79. The fraction of sp³-hybridized carbons (Fsp3) is 0.370. The van der Waals surface area contributed by atoms with Crippen LogP contribution in [0, 0.1) is 18.7 Å². The molecule has 0 atom stereocenters. The van der Waals surface area contributed by atoms with Gasteiger partial charge in [-0.1, -0.05) is 29.8 Å². The van der Waals surface area contributed by atoms with E-state index in [1.54, 1.807) is 24.5 Å². The fourth-order valence-corrected chi connectivity index (χ4v) is 4.80. The Morgan fingerprint density at radius 1 is 0.886 bits per heavy atom. The van der Waals surface area contributed by atoms with Crippen molar-refractivity contribution in [3.8, 4) is 11.6 Å². The van der Waals surface area contributed by atoms with Crippen molar-refractivity contribution < 1.29 is 13.9 Å². The van der Waals surface area contributed by atoms with Gasteiger partial charge in [0.25, 0.3) is 5.88 Å². The molecule has 2 fully saturated rings. The molecule has 0 radical (unpaired) electrons. The van der Waals surface area contributed by atoms with E-state index in [-0.39, 0.29) is 17.6 Å². The SMILES string of the molecule is Cc1ccc(Oc2nccnc2N2CCC(C(=O)N3CCN(c4ccccc4F)CC3)CC2)cc1. The van der Waals surface area contributed by atoms with Crippen molar-refractivity contribution in [2.24, 2.45) is 5.92 Å². The van der Waals surface area contributed by atoms with E-state index in [2.05, 4.69) is 14.9 Å². The minimum atomic E-state index is -0.214. The van der Waals surface area contributed by atoms with Gasteiger partial charge in [0, 0.05) is 57.6 Å². The molecule has 35 heavy (non-hydrogen) atoms. The van der Waals surface area contributed by atoms with E-state index in [9.17, 15) is 9.18 Å². The molecule has 8 heteroatoms. The second kappa shape index (κ2) is 10.3. The summed E-state index contributed by atoms with van der Waals surface area (Å²) in [4.78, 5) is 28.2. The van der Waals surface area contributed by atoms with Crippen molar-refractivity contribution in [3.05, 3.63) is 72.3 Å². The molecule has 0 saturated carbocycles. The molecule has 7 nitrogen and oxygen atoms in total. The molecule has 0 unspecified atom stereocenters. The van der Waals surface area contributed by atoms with Crippen molar-refractivity contribution in [3.63, 3.8) is 0 Å². The lowest BCUT2D eigenvalue weighted by Gasteiger charge is -2.39. The highest BCUT2D eigenvalue weighted by Gasteiger charge is 2.32. The van der Waals surface area contributed by atoms with Crippen LogP contribution in [0.15, 0.2) is 60.9 Å². The standard InChI is InChI=1S/C27H30FN5O2/c1-20-6-8-22(9-7-20)35-26-25(29-12-13-30-26)32-14-10-21(11-15-32)27(34)33-18-16-31(17-19-33)24-5-3-2-4-23(24)28/h2-9,12-13,21H,10-11,14-19H2,1H3. The largest absolute Gasteiger partial charge is 0.436 e. The minimum Gasteiger partial charge on any atom is -0.436 e. The number of nitrogens with zero attached hydrogens (tertiary/aromatic N) is 5. The summed E-state index contributed by atoms with van der Waals surface area (Å²) in [6.07, 6.45) is 4.81. The molecule has 0 N–H and O–H groups in total. The second-order valence-electron chi connectivity index (χ2n) is 9.13. The topological polar surface area (TPSA) is 61.8 Å². The number of piperazine rings is 1. The van der Waals surface area contributed by atoms with Gasteiger partial charge < -0.3 is 19.4 Å². The zero-order valence-electron chi connectivity index (χ0n) is 19.9. The van der Waals surface area contributed by atoms with Crippen LogP contribution in [0.1, 0.15) is 18.4 Å². The molecule has 2 aromatic carbocycles. The maximum Gasteiger partial charge on any atom is 0.263 e. The number of para-hydroxylation sites is 1. The van der Waals surface area contributed by atoms with E-state index in [0.717, 1.165) is 24.2 Å². The number of anilines is 2. The first-order valence-electron chi connectivity index (χ1n) is 12.2. The number of piperidine rings is 1. The summed E-state index contributed by atoms with van der Waals surface area (Å²) >= 11 is 0. The van der Waals surface area contributed by atoms with Gasteiger partial charge in [-0.25, -0.2) is 14.4 Å². The zero-order valence-corrected chi connectivity index (χ0v) is 19.9. The summed E-state index contributed by atoms with van der Waals surface area (Å²) in [5.74, 6) is 1.88. The van der Waals surface area contributed by atoms with Crippen molar-refractivity contribution >= 4 is 17.4 Å². The summed E-state index contributed by atoms with van der Waals surface area (Å²) in [5.41, 5.74) is 1.78. The highest BCUT2D eigenvalue weighted by atomic mass is 19.1. The number of halogens is 1. The molecule has 1 amide bonds. The van der Waals surface area contributed by atoms with Crippen LogP contribution in [0.2, 0.25) is 0 Å². The van der Waals surface area contributed by atoms with Gasteiger partial charge in [0.05, 0.1) is 5.69 Å². The molecule has 0 aliphatic carbocycles. The predicted octanol–water partition coefficient (Wildman–Crippen LogP) is 4.28. The molecule has 1 aromatic heterocycles. The Labute approximate surface area is 205 Å². The number of benzene rings is 2. The number of rotatable bonds is 5. The van der Waals surface area contributed by atoms with E-state index >= 15 is 0 Å².